The molecule has 0 bridgehead atoms. The van der Waals surface area contributed by atoms with Crippen LogP contribution < -0.4 is 0 Å². The zero-order chi connectivity index (χ0) is 24.5. The molecule has 34 heavy (non-hydrogen) atoms. The van der Waals surface area contributed by atoms with Crippen LogP contribution in [0.5, 0.6) is 0 Å². The van der Waals surface area contributed by atoms with Gasteiger partial charge in [0.2, 0.25) is 0 Å². The Labute approximate surface area is 199 Å². The second kappa shape index (κ2) is 9.42. The number of amides is 2. The zero-order valence-electron chi connectivity index (χ0n) is 18.5. The molecule has 1 aromatic heterocycles. The molecule has 2 heterocycles. The van der Waals surface area contributed by atoms with Gasteiger partial charge >= 0.3 is 6.18 Å². The quantitative estimate of drug-likeness (QED) is 0.478. The lowest BCUT2D eigenvalue weighted by Gasteiger charge is -2.25. The van der Waals surface area contributed by atoms with E-state index in [0.29, 0.717) is 6.42 Å². The van der Waals surface area contributed by atoms with Crippen LogP contribution >= 0.6 is 11.3 Å². The van der Waals surface area contributed by atoms with Gasteiger partial charge < -0.3 is 4.90 Å². The zero-order valence-corrected chi connectivity index (χ0v) is 19.4. The summed E-state index contributed by atoms with van der Waals surface area (Å²) in [6.07, 6.45) is -3.94. The normalized spacial score (nSPS) is 15.9. The Kier molecular flexibility index (Phi) is 6.56. The molecule has 0 fully saturated rings. The van der Waals surface area contributed by atoms with Crippen molar-refractivity contribution in [3.8, 4) is 0 Å². The van der Waals surface area contributed by atoms with E-state index in [1.165, 1.54) is 28.3 Å². The summed E-state index contributed by atoms with van der Waals surface area (Å²) in [5.74, 6) is -0.921. The molecule has 1 atom stereocenters. The number of hydrazone groups is 1. The van der Waals surface area contributed by atoms with E-state index in [1.54, 1.807) is 0 Å². The Morgan fingerprint density at radius 1 is 1.09 bits per heavy atom. The minimum Gasteiger partial charge on any atom is -0.332 e. The van der Waals surface area contributed by atoms with Crippen molar-refractivity contribution in [2.45, 2.75) is 25.6 Å². The van der Waals surface area contributed by atoms with Crippen molar-refractivity contribution in [1.82, 2.24) is 9.91 Å². The van der Waals surface area contributed by atoms with E-state index in [0.717, 1.165) is 46.0 Å². The van der Waals surface area contributed by atoms with E-state index in [9.17, 15) is 22.8 Å². The third-order valence-electron chi connectivity index (χ3n) is 5.61. The van der Waals surface area contributed by atoms with E-state index in [1.807, 2.05) is 48.7 Å². The largest absolute Gasteiger partial charge is 0.416 e. The van der Waals surface area contributed by atoms with E-state index < -0.39 is 17.6 Å². The SMILES string of the molecule is Cc1ccc([C@H]2CC(c3cccs3)=NN2C(=O)CN(C)C(=O)c2ccc(C(F)(F)F)cc2)cc1. The van der Waals surface area contributed by atoms with Crippen molar-refractivity contribution in [2.24, 2.45) is 5.10 Å². The van der Waals surface area contributed by atoms with Gasteiger partial charge in [-0.1, -0.05) is 35.9 Å². The summed E-state index contributed by atoms with van der Waals surface area (Å²) in [7, 11) is 1.44. The molecule has 1 aliphatic heterocycles. The van der Waals surface area contributed by atoms with Crippen LogP contribution in [0.2, 0.25) is 0 Å². The Morgan fingerprint density at radius 2 is 1.76 bits per heavy atom. The Balaban J connectivity index is 1.52. The highest BCUT2D eigenvalue weighted by molar-refractivity contribution is 7.12. The molecule has 4 rings (SSSR count). The van der Waals surface area contributed by atoms with Crippen molar-refractivity contribution in [3.05, 3.63) is 93.2 Å². The van der Waals surface area contributed by atoms with Gasteiger partial charge in [-0.3, -0.25) is 9.59 Å². The molecule has 0 aliphatic carbocycles. The first-order chi connectivity index (χ1) is 16.1. The first-order valence-corrected chi connectivity index (χ1v) is 11.4. The number of aryl methyl sites for hydroxylation is 1. The van der Waals surface area contributed by atoms with Crippen molar-refractivity contribution >= 4 is 28.9 Å². The van der Waals surface area contributed by atoms with Crippen LogP contribution in [0.4, 0.5) is 13.2 Å². The first kappa shape index (κ1) is 23.7. The smallest absolute Gasteiger partial charge is 0.332 e. The molecule has 9 heteroatoms. The van der Waals surface area contributed by atoms with Crippen molar-refractivity contribution in [3.63, 3.8) is 0 Å². The molecule has 0 unspecified atom stereocenters. The molecule has 0 spiro atoms. The highest BCUT2D eigenvalue weighted by atomic mass is 32.1. The van der Waals surface area contributed by atoms with Gasteiger partial charge in [0.25, 0.3) is 11.8 Å². The van der Waals surface area contributed by atoms with Crippen molar-refractivity contribution in [1.29, 1.82) is 0 Å². The lowest BCUT2D eigenvalue weighted by Crippen LogP contribution is -2.39. The molecule has 2 amide bonds. The summed E-state index contributed by atoms with van der Waals surface area (Å²) < 4.78 is 38.4. The van der Waals surface area contributed by atoms with Gasteiger partial charge in [-0.25, -0.2) is 5.01 Å². The number of carbonyl (C=O) groups excluding carboxylic acids is 2. The van der Waals surface area contributed by atoms with Gasteiger partial charge in [-0.15, -0.1) is 11.3 Å². The molecule has 2 aromatic carbocycles. The average molecular weight is 486 g/mol. The number of halogens is 3. The third-order valence-corrected chi connectivity index (χ3v) is 6.53. The minimum absolute atomic E-state index is 0.0718. The number of likely N-dealkylation sites (N-methyl/N-ethyl adjacent to an activating group) is 1. The Bertz CT molecular complexity index is 1200. The monoisotopic (exact) mass is 485 g/mol. The van der Waals surface area contributed by atoms with Gasteiger partial charge in [0.1, 0.15) is 6.54 Å². The molecule has 0 saturated heterocycles. The van der Waals surface area contributed by atoms with E-state index in [2.05, 4.69) is 5.10 Å². The predicted octanol–water partition coefficient (Wildman–Crippen LogP) is 5.53. The molecular weight excluding hydrogens is 463 g/mol. The number of hydrogen-bond donors (Lipinski definition) is 0. The maximum absolute atomic E-state index is 13.2. The van der Waals surface area contributed by atoms with Crippen molar-refractivity contribution < 1.29 is 22.8 Å². The van der Waals surface area contributed by atoms with Crippen molar-refractivity contribution in [2.75, 3.05) is 13.6 Å². The molecule has 176 valence electrons. The van der Waals surface area contributed by atoms with Crippen LogP contribution in [-0.4, -0.2) is 41.0 Å². The molecule has 0 saturated carbocycles. The number of rotatable bonds is 5. The number of benzene rings is 2. The number of hydrogen-bond acceptors (Lipinski definition) is 4. The lowest BCUT2D eigenvalue weighted by atomic mass is 10.00. The summed E-state index contributed by atoms with van der Waals surface area (Å²) in [5, 5.41) is 7.94. The van der Waals surface area contributed by atoms with Crippen LogP contribution in [-0.2, 0) is 11.0 Å². The van der Waals surface area contributed by atoms with Gasteiger partial charge in [-0.2, -0.15) is 18.3 Å². The number of nitrogens with zero attached hydrogens (tertiary/aromatic N) is 3. The number of thiophene rings is 1. The number of alkyl halides is 3. The van der Waals surface area contributed by atoms with Crippen LogP contribution in [0.3, 0.4) is 0 Å². The summed E-state index contributed by atoms with van der Waals surface area (Å²) >= 11 is 1.54. The second-order valence-electron chi connectivity index (χ2n) is 8.13. The Hall–Kier alpha value is -3.46. The highest BCUT2D eigenvalue weighted by Gasteiger charge is 2.34. The fourth-order valence-corrected chi connectivity index (χ4v) is 4.47. The summed E-state index contributed by atoms with van der Waals surface area (Å²) in [5.41, 5.74) is 2.07. The summed E-state index contributed by atoms with van der Waals surface area (Å²) in [6.45, 7) is 1.72. The fraction of sp³-hybridized carbons (Fsp3) is 0.240. The van der Waals surface area contributed by atoms with Gasteiger partial charge in [0, 0.05) is 19.0 Å². The standard InChI is InChI=1S/C25H22F3N3O2S/c1-16-5-7-17(8-6-16)21-14-20(22-4-3-13-34-22)29-31(21)23(32)15-30(2)24(33)18-9-11-19(12-10-18)25(26,27)28/h3-13,21H,14-15H2,1-2H3/t21-/m1/s1. The topological polar surface area (TPSA) is 53.0 Å². The van der Waals surface area contributed by atoms with Crippen LogP contribution in [0.1, 0.15) is 44.4 Å². The molecule has 5 nitrogen and oxygen atoms in total. The molecule has 3 aromatic rings. The number of carbonyl (C=O) groups is 2. The average Bonchev–Trinajstić information content (AvgIpc) is 3.49. The van der Waals surface area contributed by atoms with Gasteiger partial charge in [0.15, 0.2) is 0 Å². The second-order valence-corrected chi connectivity index (χ2v) is 9.08. The molecule has 0 N–H and O–H groups in total. The predicted molar refractivity (Wildman–Crippen MR) is 125 cm³/mol. The molecule has 0 radical (unpaired) electrons. The maximum Gasteiger partial charge on any atom is 0.416 e. The van der Waals surface area contributed by atoms with Gasteiger partial charge in [0.05, 0.1) is 22.2 Å². The van der Waals surface area contributed by atoms with Crippen LogP contribution in [0.25, 0.3) is 0 Å². The maximum atomic E-state index is 13.2. The fourth-order valence-electron chi connectivity index (χ4n) is 3.75. The molecule has 1 aliphatic rings. The van der Waals surface area contributed by atoms with E-state index in [-0.39, 0.29) is 24.1 Å². The van der Waals surface area contributed by atoms with Crippen LogP contribution in [0.15, 0.2) is 71.1 Å². The Morgan fingerprint density at radius 3 is 2.35 bits per heavy atom. The lowest BCUT2D eigenvalue weighted by molar-refractivity contribution is -0.137. The van der Waals surface area contributed by atoms with Gasteiger partial charge in [-0.05, 0) is 48.2 Å². The van der Waals surface area contributed by atoms with E-state index in [4.69, 9.17) is 0 Å². The van der Waals surface area contributed by atoms with E-state index >= 15 is 0 Å². The first-order valence-electron chi connectivity index (χ1n) is 10.6. The summed E-state index contributed by atoms with van der Waals surface area (Å²) in [6, 6.07) is 15.4. The highest BCUT2D eigenvalue weighted by Crippen LogP contribution is 2.34. The van der Waals surface area contributed by atoms with Crippen LogP contribution in [0, 0.1) is 6.92 Å². The molecular formula is C25H22F3N3O2S. The summed E-state index contributed by atoms with van der Waals surface area (Å²) in [4.78, 5) is 28.1. The third kappa shape index (κ3) is 5.04. The minimum atomic E-state index is -4.48.